The number of unbranched alkanes of at least 4 members (excludes halogenated alkanes) is 20. The van der Waals surface area contributed by atoms with E-state index in [4.69, 9.17) is 0 Å². The van der Waals surface area contributed by atoms with Crippen LogP contribution in [0.15, 0.2) is 54.6 Å². The van der Waals surface area contributed by atoms with Crippen LogP contribution in [0.3, 0.4) is 0 Å². The van der Waals surface area contributed by atoms with Crippen molar-refractivity contribution in [2.45, 2.75) is 187 Å². The molecule has 1 atom stereocenters. The number of rotatable bonds is 34. The van der Waals surface area contributed by atoms with E-state index in [-0.39, 0.29) is 42.9 Å². The fraction of sp³-hybridized carbons (Fsp3) is 0.640. The summed E-state index contributed by atoms with van der Waals surface area (Å²) < 4.78 is 0. The van der Waals surface area contributed by atoms with Crippen molar-refractivity contribution in [3.8, 4) is 0 Å². The Bertz CT molecular complexity index is 1550. The highest BCUT2D eigenvalue weighted by Gasteiger charge is 2.21. The molecule has 3 rings (SSSR count). The molecule has 0 spiro atoms. The summed E-state index contributed by atoms with van der Waals surface area (Å²) in [4.78, 5) is 52.5. The van der Waals surface area contributed by atoms with Crippen LogP contribution in [0.25, 0.3) is 21.5 Å². The molecular weight excluding hydrogens is 721 g/mol. The van der Waals surface area contributed by atoms with Crippen LogP contribution in [0, 0.1) is 0 Å². The molecule has 0 saturated carbocycles. The molecule has 8 heteroatoms. The third-order valence-electron chi connectivity index (χ3n) is 11.4. The number of carbonyl (C=O) groups excluding carboxylic acids is 4. The Kier molecular flexibility index (Phi) is 25.9. The van der Waals surface area contributed by atoms with E-state index in [9.17, 15) is 19.2 Å². The number of fused-ring (bicyclic) bond motifs is 2. The van der Waals surface area contributed by atoms with Gasteiger partial charge >= 0.3 is 0 Å². The summed E-state index contributed by atoms with van der Waals surface area (Å²) in [5, 5.41) is 16.0. The van der Waals surface area contributed by atoms with Crippen molar-refractivity contribution in [3.05, 3.63) is 60.2 Å². The second kappa shape index (κ2) is 31.0. The molecule has 1 unspecified atom stereocenters. The van der Waals surface area contributed by atoms with Crippen molar-refractivity contribution < 1.29 is 19.2 Å². The SMILES string of the molecule is CCCCCCCCCCCCNC(=O)CCC(NC(=O)CCCCCNC(=O)c1c2ccccc2cc2ccccc12)C(=O)NCCCCCCCCCCCC. The maximum absolute atomic E-state index is 13.4. The third kappa shape index (κ3) is 20.2. The predicted molar refractivity (Wildman–Crippen MR) is 243 cm³/mol. The van der Waals surface area contributed by atoms with E-state index in [2.05, 4.69) is 41.2 Å². The maximum Gasteiger partial charge on any atom is 0.252 e. The molecular formula is C50H78N4O4. The highest BCUT2D eigenvalue weighted by atomic mass is 16.2. The van der Waals surface area contributed by atoms with Gasteiger partial charge in [-0.25, -0.2) is 0 Å². The Hall–Kier alpha value is -3.94. The molecule has 58 heavy (non-hydrogen) atoms. The van der Waals surface area contributed by atoms with Crippen molar-refractivity contribution in [2.75, 3.05) is 19.6 Å². The summed E-state index contributed by atoms with van der Waals surface area (Å²) in [6.07, 6.45) is 27.6. The first-order valence-electron chi connectivity index (χ1n) is 23.5. The minimum atomic E-state index is -0.742. The third-order valence-corrected chi connectivity index (χ3v) is 11.4. The Balaban J connectivity index is 1.37. The van der Waals surface area contributed by atoms with Gasteiger partial charge < -0.3 is 21.3 Å². The topological polar surface area (TPSA) is 116 Å². The molecule has 0 aromatic heterocycles. The molecule has 0 bridgehead atoms. The standard InChI is InChI=1S/C50H78N4O4/c1-3-5-7-9-11-13-15-17-19-27-37-51-46(55)36-35-45(49(57)52-38-28-20-18-16-14-12-10-8-6-4-2)54-47(56)34-22-21-29-39-53-50(58)48-43-32-25-23-30-41(43)40-42-31-24-26-33-44(42)48/h23-26,30-33,40,45H,3-22,27-29,34-39H2,1-2H3,(H,51,55)(H,52,57)(H,53,58)(H,54,56). The molecule has 0 fully saturated rings. The molecule has 3 aromatic rings. The van der Waals surface area contributed by atoms with Gasteiger partial charge in [-0.2, -0.15) is 0 Å². The lowest BCUT2D eigenvalue weighted by molar-refractivity contribution is -0.129. The van der Waals surface area contributed by atoms with E-state index < -0.39 is 6.04 Å². The van der Waals surface area contributed by atoms with E-state index in [1.165, 1.54) is 103 Å². The minimum absolute atomic E-state index is 0.0730. The van der Waals surface area contributed by atoms with Crippen LogP contribution in [-0.4, -0.2) is 49.3 Å². The summed E-state index contributed by atoms with van der Waals surface area (Å²) in [7, 11) is 0. The molecule has 8 nitrogen and oxygen atoms in total. The number of amides is 4. The summed E-state index contributed by atoms with van der Waals surface area (Å²) in [6, 6.07) is 17.3. The van der Waals surface area contributed by atoms with Gasteiger partial charge in [0.15, 0.2) is 0 Å². The van der Waals surface area contributed by atoms with E-state index in [0.717, 1.165) is 60.1 Å². The molecule has 0 aliphatic carbocycles. The van der Waals surface area contributed by atoms with Gasteiger partial charge in [0.05, 0.1) is 5.56 Å². The van der Waals surface area contributed by atoms with Crippen molar-refractivity contribution >= 4 is 45.2 Å². The normalized spacial score (nSPS) is 11.8. The number of hydrogen-bond donors (Lipinski definition) is 4. The van der Waals surface area contributed by atoms with Gasteiger partial charge in [0.2, 0.25) is 17.7 Å². The zero-order chi connectivity index (χ0) is 41.5. The lowest BCUT2D eigenvalue weighted by atomic mass is 9.96. The molecule has 0 radical (unpaired) electrons. The molecule has 4 amide bonds. The number of hydrogen-bond acceptors (Lipinski definition) is 4. The first-order valence-corrected chi connectivity index (χ1v) is 23.5. The second-order valence-corrected chi connectivity index (χ2v) is 16.4. The largest absolute Gasteiger partial charge is 0.356 e. The van der Waals surface area contributed by atoms with E-state index in [1.54, 1.807) is 0 Å². The van der Waals surface area contributed by atoms with Crippen LogP contribution in [-0.2, 0) is 14.4 Å². The quantitative estimate of drug-likeness (QED) is 0.0355. The Morgan fingerprint density at radius 2 is 0.897 bits per heavy atom. The molecule has 4 N–H and O–H groups in total. The van der Waals surface area contributed by atoms with Gasteiger partial charge in [0.1, 0.15) is 6.04 Å². The minimum Gasteiger partial charge on any atom is -0.356 e. The van der Waals surface area contributed by atoms with Crippen LogP contribution in [0.5, 0.6) is 0 Å². The van der Waals surface area contributed by atoms with E-state index in [0.29, 0.717) is 31.6 Å². The Morgan fingerprint density at radius 3 is 1.41 bits per heavy atom. The Morgan fingerprint density at radius 1 is 0.466 bits per heavy atom. The van der Waals surface area contributed by atoms with Crippen LogP contribution in [0.1, 0.15) is 191 Å². The zero-order valence-corrected chi connectivity index (χ0v) is 36.4. The van der Waals surface area contributed by atoms with Crippen LogP contribution in [0.2, 0.25) is 0 Å². The van der Waals surface area contributed by atoms with Crippen molar-refractivity contribution in [1.29, 1.82) is 0 Å². The van der Waals surface area contributed by atoms with Gasteiger partial charge in [-0.05, 0) is 59.7 Å². The number of nitrogens with one attached hydrogen (secondary N) is 4. The lowest BCUT2D eigenvalue weighted by Gasteiger charge is -2.19. The fourth-order valence-electron chi connectivity index (χ4n) is 7.82. The summed E-state index contributed by atoms with van der Waals surface area (Å²) in [5.41, 5.74) is 0.693. The van der Waals surface area contributed by atoms with Crippen LogP contribution < -0.4 is 21.3 Å². The zero-order valence-electron chi connectivity index (χ0n) is 36.4. The average molecular weight is 799 g/mol. The van der Waals surface area contributed by atoms with Crippen LogP contribution >= 0.6 is 0 Å². The smallest absolute Gasteiger partial charge is 0.252 e. The van der Waals surface area contributed by atoms with E-state index >= 15 is 0 Å². The first-order chi connectivity index (χ1) is 28.4. The molecule has 0 aliphatic rings. The number of carbonyl (C=O) groups is 4. The highest BCUT2D eigenvalue weighted by Crippen LogP contribution is 2.28. The van der Waals surface area contributed by atoms with Crippen molar-refractivity contribution in [3.63, 3.8) is 0 Å². The molecule has 3 aromatic carbocycles. The van der Waals surface area contributed by atoms with Gasteiger partial charge in [0, 0.05) is 32.5 Å². The van der Waals surface area contributed by atoms with Gasteiger partial charge in [-0.3, -0.25) is 19.2 Å². The summed E-state index contributed by atoms with van der Waals surface area (Å²) in [5.74, 6) is -0.562. The van der Waals surface area contributed by atoms with Gasteiger partial charge in [0.25, 0.3) is 5.91 Å². The molecule has 0 heterocycles. The van der Waals surface area contributed by atoms with E-state index in [1.807, 2.05) is 48.5 Å². The summed E-state index contributed by atoms with van der Waals surface area (Å²) >= 11 is 0. The summed E-state index contributed by atoms with van der Waals surface area (Å²) in [6.45, 7) is 6.23. The molecule has 0 saturated heterocycles. The lowest BCUT2D eigenvalue weighted by Crippen LogP contribution is -2.47. The van der Waals surface area contributed by atoms with Crippen LogP contribution in [0.4, 0.5) is 0 Å². The Labute approximate surface area is 351 Å². The maximum atomic E-state index is 13.4. The van der Waals surface area contributed by atoms with Gasteiger partial charge in [-0.1, -0.05) is 184 Å². The molecule has 0 aliphatic heterocycles. The van der Waals surface area contributed by atoms with Crippen molar-refractivity contribution in [2.24, 2.45) is 0 Å². The first kappa shape index (κ1) is 48.4. The average Bonchev–Trinajstić information content (AvgIpc) is 3.23. The molecule has 322 valence electrons. The fourth-order valence-corrected chi connectivity index (χ4v) is 7.82. The number of benzene rings is 3. The monoisotopic (exact) mass is 799 g/mol. The highest BCUT2D eigenvalue weighted by molar-refractivity contribution is 6.18. The van der Waals surface area contributed by atoms with Gasteiger partial charge in [-0.15, -0.1) is 0 Å². The predicted octanol–water partition coefficient (Wildman–Crippen LogP) is 11.6. The van der Waals surface area contributed by atoms with Crippen molar-refractivity contribution in [1.82, 2.24) is 21.3 Å². The second-order valence-electron chi connectivity index (χ2n) is 16.4.